The molecule has 0 amide bonds. The van der Waals surface area contributed by atoms with E-state index in [2.05, 4.69) is 0 Å². The zero-order valence-corrected chi connectivity index (χ0v) is 6.14. The molecule has 0 aromatic heterocycles. The van der Waals surface area contributed by atoms with Crippen LogP contribution in [-0.2, 0) is 4.79 Å². The van der Waals surface area contributed by atoms with E-state index < -0.39 is 0 Å². The predicted octanol–water partition coefficient (Wildman–Crippen LogP) is 2.10. The maximum Gasteiger partial charge on any atom is 0.149 e. The Morgan fingerprint density at radius 2 is 1.78 bits per heavy atom. The van der Waals surface area contributed by atoms with Crippen LogP contribution in [0.1, 0.15) is 20.8 Å². The van der Waals surface area contributed by atoms with Crippen molar-refractivity contribution in [2.75, 3.05) is 0 Å². The van der Waals surface area contributed by atoms with Crippen LogP contribution in [0, 0.1) is 0 Å². The number of hydrogen-bond donors (Lipinski definition) is 0. The molecule has 0 N–H and O–H groups in total. The lowest BCUT2D eigenvalue weighted by Crippen LogP contribution is -1.84. The molecule has 0 aliphatic rings. The molecule has 0 unspecified atom stereocenters. The van der Waals surface area contributed by atoms with Gasteiger partial charge in [0, 0.05) is 5.57 Å². The Kier molecular flexibility index (Phi) is 3.69. The summed E-state index contributed by atoms with van der Waals surface area (Å²) in [6.45, 7) is 5.70. The molecule has 50 valence electrons. The molecule has 0 aliphatic carbocycles. The Labute approximate surface area is 56.1 Å². The second-order valence-corrected chi connectivity index (χ2v) is 1.83. The van der Waals surface area contributed by atoms with Crippen molar-refractivity contribution in [3.8, 4) is 0 Å². The van der Waals surface area contributed by atoms with Crippen LogP contribution in [0.4, 0.5) is 0 Å². The van der Waals surface area contributed by atoms with Crippen molar-refractivity contribution in [2.45, 2.75) is 20.8 Å². The molecule has 0 rings (SSSR count). The largest absolute Gasteiger partial charge is 0.298 e. The summed E-state index contributed by atoms with van der Waals surface area (Å²) in [6, 6.07) is 0. The highest BCUT2D eigenvalue weighted by Crippen LogP contribution is 2.04. The zero-order chi connectivity index (χ0) is 7.28. The number of hydrogen-bond acceptors (Lipinski definition) is 1. The third kappa shape index (κ3) is 2.27. The van der Waals surface area contributed by atoms with Gasteiger partial charge in [-0.05, 0) is 26.3 Å². The van der Waals surface area contributed by atoms with Crippen LogP contribution in [0.3, 0.4) is 0 Å². The van der Waals surface area contributed by atoms with Crippen LogP contribution >= 0.6 is 0 Å². The van der Waals surface area contributed by atoms with Gasteiger partial charge in [0.15, 0.2) is 0 Å². The van der Waals surface area contributed by atoms with E-state index in [1.54, 1.807) is 0 Å². The summed E-state index contributed by atoms with van der Waals surface area (Å²) in [5.74, 6) is 0. The van der Waals surface area contributed by atoms with Crippen LogP contribution in [0.2, 0.25) is 0 Å². The summed E-state index contributed by atoms with van der Waals surface area (Å²) >= 11 is 0. The molecule has 1 heteroatoms. The minimum Gasteiger partial charge on any atom is -0.298 e. The number of allylic oxidation sites excluding steroid dienone is 4. The first-order valence-electron chi connectivity index (χ1n) is 3.01. The minimum absolute atomic E-state index is 0.775. The highest BCUT2D eigenvalue weighted by molar-refractivity contribution is 5.79. The van der Waals surface area contributed by atoms with Gasteiger partial charge in [-0.3, -0.25) is 4.79 Å². The van der Waals surface area contributed by atoms with E-state index >= 15 is 0 Å². The van der Waals surface area contributed by atoms with E-state index in [1.807, 2.05) is 32.9 Å². The molecular formula is C8H12O. The van der Waals surface area contributed by atoms with E-state index in [0.717, 1.165) is 17.4 Å². The lowest BCUT2D eigenvalue weighted by Gasteiger charge is -1.94. The predicted molar refractivity (Wildman–Crippen MR) is 39.3 cm³/mol. The molecule has 0 aromatic carbocycles. The van der Waals surface area contributed by atoms with E-state index in [9.17, 15) is 4.79 Å². The summed E-state index contributed by atoms with van der Waals surface area (Å²) in [7, 11) is 0. The fourth-order valence-corrected chi connectivity index (χ4v) is 0.555. The SMILES string of the molecule is CC=C(C)C(C=O)=CC. The van der Waals surface area contributed by atoms with Crippen molar-refractivity contribution in [3.63, 3.8) is 0 Å². The molecule has 1 nitrogen and oxygen atoms in total. The molecule has 0 aromatic rings. The van der Waals surface area contributed by atoms with Gasteiger partial charge in [0.1, 0.15) is 6.29 Å². The quantitative estimate of drug-likeness (QED) is 0.313. The zero-order valence-electron chi connectivity index (χ0n) is 6.14. The van der Waals surface area contributed by atoms with Crippen molar-refractivity contribution in [1.82, 2.24) is 0 Å². The molecule has 0 bridgehead atoms. The monoisotopic (exact) mass is 124 g/mol. The lowest BCUT2D eigenvalue weighted by atomic mass is 10.1. The summed E-state index contributed by atoms with van der Waals surface area (Å²) in [6.07, 6.45) is 4.60. The van der Waals surface area contributed by atoms with Crippen LogP contribution in [0.5, 0.6) is 0 Å². The molecule has 0 heterocycles. The average Bonchev–Trinajstić information content (AvgIpc) is 1.90. The summed E-state index contributed by atoms with van der Waals surface area (Å²) in [5.41, 5.74) is 1.81. The van der Waals surface area contributed by atoms with E-state index in [0.29, 0.717) is 0 Å². The van der Waals surface area contributed by atoms with Crippen molar-refractivity contribution >= 4 is 6.29 Å². The van der Waals surface area contributed by atoms with Crippen molar-refractivity contribution in [3.05, 3.63) is 23.3 Å². The summed E-state index contributed by atoms with van der Waals surface area (Å²) in [4.78, 5) is 10.2. The van der Waals surface area contributed by atoms with Gasteiger partial charge in [0.25, 0.3) is 0 Å². The van der Waals surface area contributed by atoms with E-state index in [-0.39, 0.29) is 0 Å². The second-order valence-electron chi connectivity index (χ2n) is 1.83. The molecule has 0 spiro atoms. The fraction of sp³-hybridized carbons (Fsp3) is 0.375. The maximum atomic E-state index is 10.2. The molecule has 0 saturated carbocycles. The van der Waals surface area contributed by atoms with Crippen molar-refractivity contribution < 1.29 is 4.79 Å². The third-order valence-corrected chi connectivity index (χ3v) is 1.33. The second kappa shape index (κ2) is 4.07. The number of carbonyl (C=O) groups excluding carboxylic acids is 1. The Hall–Kier alpha value is -0.850. The lowest BCUT2D eigenvalue weighted by molar-refractivity contribution is -0.104. The van der Waals surface area contributed by atoms with Gasteiger partial charge in [-0.1, -0.05) is 12.2 Å². The first-order valence-corrected chi connectivity index (χ1v) is 3.01. The Morgan fingerprint density at radius 1 is 1.22 bits per heavy atom. The van der Waals surface area contributed by atoms with Gasteiger partial charge < -0.3 is 0 Å². The molecule has 0 fully saturated rings. The smallest absolute Gasteiger partial charge is 0.149 e. The minimum atomic E-state index is 0.775. The van der Waals surface area contributed by atoms with Crippen molar-refractivity contribution in [1.29, 1.82) is 0 Å². The van der Waals surface area contributed by atoms with Gasteiger partial charge in [-0.2, -0.15) is 0 Å². The first kappa shape index (κ1) is 8.15. The summed E-state index contributed by atoms with van der Waals surface area (Å²) < 4.78 is 0. The number of rotatable bonds is 2. The number of carbonyl (C=O) groups is 1. The topological polar surface area (TPSA) is 17.1 Å². The normalized spacial score (nSPS) is 13.7. The fourth-order valence-electron chi connectivity index (χ4n) is 0.555. The molecule has 0 saturated heterocycles. The highest BCUT2D eigenvalue weighted by Gasteiger charge is 1.91. The van der Waals surface area contributed by atoms with Crippen LogP contribution < -0.4 is 0 Å². The van der Waals surface area contributed by atoms with Crippen LogP contribution in [0.15, 0.2) is 23.3 Å². The number of aldehydes is 1. The molecular weight excluding hydrogens is 112 g/mol. The van der Waals surface area contributed by atoms with Gasteiger partial charge in [-0.25, -0.2) is 0 Å². The Morgan fingerprint density at radius 3 is 1.89 bits per heavy atom. The third-order valence-electron chi connectivity index (χ3n) is 1.33. The van der Waals surface area contributed by atoms with Crippen molar-refractivity contribution in [2.24, 2.45) is 0 Å². The van der Waals surface area contributed by atoms with Gasteiger partial charge in [0.05, 0.1) is 0 Å². The van der Waals surface area contributed by atoms with Gasteiger partial charge in [-0.15, -0.1) is 0 Å². The maximum absolute atomic E-state index is 10.2. The molecule has 0 aliphatic heterocycles. The Balaban J connectivity index is 4.32. The molecule has 9 heavy (non-hydrogen) atoms. The Bertz CT molecular complexity index is 152. The molecule has 0 radical (unpaired) electrons. The van der Waals surface area contributed by atoms with Gasteiger partial charge >= 0.3 is 0 Å². The summed E-state index contributed by atoms with van der Waals surface area (Å²) in [5, 5.41) is 0. The average molecular weight is 124 g/mol. The van der Waals surface area contributed by atoms with Gasteiger partial charge in [0.2, 0.25) is 0 Å². The van der Waals surface area contributed by atoms with E-state index in [1.165, 1.54) is 0 Å². The van der Waals surface area contributed by atoms with Crippen LogP contribution in [-0.4, -0.2) is 6.29 Å². The van der Waals surface area contributed by atoms with Crippen LogP contribution in [0.25, 0.3) is 0 Å². The standard InChI is InChI=1S/C8H12O/c1-4-7(3)8(5-2)6-9/h4-6H,1-3H3. The first-order chi connectivity index (χ1) is 4.26. The highest BCUT2D eigenvalue weighted by atomic mass is 16.1. The molecule has 0 atom stereocenters. The van der Waals surface area contributed by atoms with E-state index in [4.69, 9.17) is 0 Å².